The van der Waals surface area contributed by atoms with Gasteiger partial charge in [0.2, 0.25) is 8.32 Å². The Labute approximate surface area is 328 Å². The van der Waals surface area contributed by atoms with Crippen molar-refractivity contribution in [3.8, 4) is 0 Å². The topological polar surface area (TPSA) is 138 Å². The molecule has 2 N–H and O–H groups in total. The number of carbonyl (C=O) groups is 3. The average Bonchev–Trinajstić information content (AvgIpc) is 3.09. The van der Waals surface area contributed by atoms with Crippen LogP contribution in [-0.2, 0) is 32.7 Å². The van der Waals surface area contributed by atoms with Gasteiger partial charge in [-0.2, -0.15) is 0 Å². The van der Waals surface area contributed by atoms with Crippen LogP contribution in [0.1, 0.15) is 78.6 Å². The SMILES string of the molecule is CC(=O)O[C@@]12CO[C@@H]1C[C@H](O[Si](C)(C)c1ccccc1)[C@@]1(C)C(=O)[C@@H](O[Si](C)(C)C(C)(C)C)C3=C(C)[C@@H](O)C[C@@](O)([C@@H](OC(=O)c4ccccc4)C12)C3(C)C. The summed E-state index contributed by atoms with van der Waals surface area (Å²) in [7, 11) is -5.58. The molecule has 0 radical (unpaired) electrons. The van der Waals surface area contributed by atoms with Gasteiger partial charge in [0.15, 0.2) is 19.7 Å². The maximum Gasteiger partial charge on any atom is 0.338 e. The van der Waals surface area contributed by atoms with Gasteiger partial charge in [-0.25, -0.2) is 4.79 Å². The van der Waals surface area contributed by atoms with E-state index in [0.717, 1.165) is 5.19 Å². The molecule has 1 unspecified atom stereocenters. The standard InChI is InChI=1S/C43H60O10Si2/c1-26-30(45)24-43(48)37(50-38(47)28-19-15-13-16-20-28)35-41(8,36(46)34(33(26)40(43,6)7)53-55(11,12)39(3,4)5)31(23-32-42(35,25-49-32)51-27(2)44)52-54(9,10)29-21-17-14-18-22-29/h13-22,30-32,34-35,37,45,48H,23-25H2,1-12H3/t30-,31-,32+,34-,35?,37-,41+,42-,43+/m0/s1. The predicted molar refractivity (Wildman–Crippen MR) is 214 cm³/mol. The van der Waals surface area contributed by atoms with Crippen molar-refractivity contribution in [3.63, 3.8) is 0 Å². The van der Waals surface area contributed by atoms with Crippen LogP contribution in [0.15, 0.2) is 71.8 Å². The van der Waals surface area contributed by atoms with Crippen LogP contribution in [0.25, 0.3) is 0 Å². The molecule has 10 nitrogen and oxygen atoms in total. The first kappa shape index (κ1) is 41.7. The molecule has 2 aromatic carbocycles. The zero-order valence-electron chi connectivity index (χ0n) is 34.5. The summed E-state index contributed by atoms with van der Waals surface area (Å²) in [4.78, 5) is 43.9. The molecule has 0 aromatic heterocycles. The van der Waals surface area contributed by atoms with Gasteiger partial charge in [-0.1, -0.05) is 83.1 Å². The summed E-state index contributed by atoms with van der Waals surface area (Å²) < 4.78 is 33.8. The van der Waals surface area contributed by atoms with Gasteiger partial charge in [-0.05, 0) is 73.5 Å². The van der Waals surface area contributed by atoms with Crippen LogP contribution in [0.2, 0.25) is 31.2 Å². The molecule has 2 bridgehead atoms. The van der Waals surface area contributed by atoms with Crippen molar-refractivity contribution >= 4 is 39.5 Å². The van der Waals surface area contributed by atoms with E-state index < -0.39 is 87.0 Å². The van der Waals surface area contributed by atoms with Gasteiger partial charge in [-0.15, -0.1) is 0 Å². The van der Waals surface area contributed by atoms with E-state index in [1.165, 1.54) is 6.92 Å². The van der Waals surface area contributed by atoms with E-state index in [0.29, 0.717) is 11.1 Å². The second-order valence-corrected chi connectivity index (χ2v) is 27.6. The monoisotopic (exact) mass is 792 g/mol. The number of carbonyl (C=O) groups excluding carboxylic acids is 3. The number of ether oxygens (including phenoxy) is 3. The molecular weight excluding hydrogens is 733 g/mol. The summed E-state index contributed by atoms with van der Waals surface area (Å²) in [6.45, 7) is 23.1. The predicted octanol–water partition coefficient (Wildman–Crippen LogP) is 6.25. The van der Waals surface area contributed by atoms with Crippen molar-refractivity contribution in [2.75, 3.05) is 6.61 Å². The third-order valence-corrected chi connectivity index (χ3v) is 21.1. The molecule has 6 rings (SSSR count). The number of esters is 2. The summed E-state index contributed by atoms with van der Waals surface area (Å²) >= 11 is 0. The van der Waals surface area contributed by atoms with E-state index in [1.54, 1.807) is 37.3 Å². The summed E-state index contributed by atoms with van der Waals surface area (Å²) in [5, 5.41) is 26.2. The Bertz CT molecular complexity index is 1850. The smallest absolute Gasteiger partial charge is 0.338 e. The van der Waals surface area contributed by atoms with Crippen LogP contribution in [-0.4, -0.2) is 92.9 Å². The van der Waals surface area contributed by atoms with Crippen molar-refractivity contribution < 1.29 is 47.7 Å². The number of fused-ring (bicyclic) bond motifs is 5. The molecule has 3 fully saturated rings. The minimum Gasteiger partial charge on any atom is -0.455 e. The number of Topliss-reactive ketones (excluding diaryl/α,β-unsaturated/α-hetero) is 1. The van der Waals surface area contributed by atoms with Crippen molar-refractivity contribution in [1.29, 1.82) is 0 Å². The van der Waals surface area contributed by atoms with Gasteiger partial charge >= 0.3 is 11.9 Å². The lowest BCUT2D eigenvalue weighted by molar-refractivity contribution is -0.344. The summed E-state index contributed by atoms with van der Waals surface area (Å²) in [6, 6.07) is 18.4. The minimum absolute atomic E-state index is 0.0923. The number of aliphatic hydroxyl groups is 2. The fraction of sp³-hybridized carbons (Fsp3) is 0.605. The lowest BCUT2D eigenvalue weighted by atomic mass is 9.44. The highest BCUT2D eigenvalue weighted by Crippen LogP contribution is 2.65. The fourth-order valence-electron chi connectivity index (χ4n) is 9.62. The summed E-state index contributed by atoms with van der Waals surface area (Å²) in [5.74, 6) is -2.85. The Hall–Kier alpha value is -2.98. The highest BCUT2D eigenvalue weighted by Gasteiger charge is 2.78. The molecule has 55 heavy (non-hydrogen) atoms. The molecule has 12 heteroatoms. The first-order valence-corrected chi connectivity index (χ1v) is 25.3. The van der Waals surface area contributed by atoms with E-state index in [2.05, 4.69) is 47.0 Å². The fourth-order valence-corrected chi connectivity index (χ4v) is 13.0. The maximum atomic E-state index is 16.4. The molecule has 3 aliphatic carbocycles. The van der Waals surface area contributed by atoms with E-state index in [4.69, 9.17) is 23.1 Å². The van der Waals surface area contributed by atoms with Crippen molar-refractivity contribution in [3.05, 3.63) is 77.4 Å². The number of benzene rings is 2. The number of ketones is 1. The Balaban J connectivity index is 1.69. The Morgan fingerprint density at radius 3 is 2.04 bits per heavy atom. The van der Waals surface area contributed by atoms with Crippen LogP contribution >= 0.6 is 0 Å². The zero-order valence-corrected chi connectivity index (χ0v) is 36.5. The van der Waals surface area contributed by atoms with E-state index >= 15 is 4.79 Å². The molecule has 300 valence electrons. The maximum absolute atomic E-state index is 16.4. The summed E-state index contributed by atoms with van der Waals surface area (Å²) in [6.07, 6.45) is -5.52. The van der Waals surface area contributed by atoms with Gasteiger partial charge in [-0.3, -0.25) is 9.59 Å². The second-order valence-electron chi connectivity index (χ2n) is 19.0. The third-order valence-electron chi connectivity index (χ3n) is 14.0. The normalized spacial score (nSPS) is 34.7. The van der Waals surface area contributed by atoms with Crippen molar-refractivity contribution in [1.82, 2.24) is 0 Å². The van der Waals surface area contributed by atoms with Gasteiger partial charge in [0.05, 0.1) is 35.7 Å². The first-order chi connectivity index (χ1) is 25.3. The van der Waals surface area contributed by atoms with Crippen molar-refractivity contribution in [2.24, 2.45) is 16.7 Å². The average molecular weight is 793 g/mol. The van der Waals surface area contributed by atoms with Crippen LogP contribution in [0.3, 0.4) is 0 Å². The van der Waals surface area contributed by atoms with Crippen LogP contribution in [0.5, 0.6) is 0 Å². The molecule has 0 spiro atoms. The quantitative estimate of drug-likeness (QED) is 0.179. The lowest BCUT2D eigenvalue weighted by Gasteiger charge is -2.68. The molecular formula is C43H60O10Si2. The molecule has 2 saturated carbocycles. The third kappa shape index (κ3) is 6.53. The van der Waals surface area contributed by atoms with Gasteiger partial charge in [0, 0.05) is 25.2 Å². The van der Waals surface area contributed by atoms with Gasteiger partial charge in [0.1, 0.15) is 23.9 Å². The van der Waals surface area contributed by atoms with Crippen molar-refractivity contribution in [2.45, 2.75) is 141 Å². The van der Waals surface area contributed by atoms with Crippen LogP contribution in [0.4, 0.5) is 0 Å². The Kier molecular flexibility index (Phi) is 10.5. The van der Waals surface area contributed by atoms with Crippen LogP contribution in [0, 0.1) is 16.7 Å². The van der Waals surface area contributed by atoms with E-state index in [1.807, 2.05) is 51.1 Å². The molecule has 1 aliphatic heterocycles. The van der Waals surface area contributed by atoms with Gasteiger partial charge in [0.25, 0.3) is 0 Å². The lowest BCUT2D eigenvalue weighted by Crippen LogP contribution is -2.82. The van der Waals surface area contributed by atoms with E-state index in [-0.39, 0.29) is 35.8 Å². The number of rotatable bonds is 8. The largest absolute Gasteiger partial charge is 0.455 e. The first-order valence-electron chi connectivity index (χ1n) is 19.5. The zero-order chi connectivity index (χ0) is 40.7. The highest BCUT2D eigenvalue weighted by atomic mass is 28.4. The Morgan fingerprint density at radius 2 is 1.51 bits per heavy atom. The molecule has 2 aromatic rings. The molecule has 0 amide bonds. The number of hydrogen-bond acceptors (Lipinski definition) is 10. The second kappa shape index (κ2) is 13.8. The minimum atomic E-state index is -2.81. The number of aliphatic hydroxyl groups excluding tert-OH is 1. The Morgan fingerprint density at radius 1 is 0.927 bits per heavy atom. The molecule has 1 heterocycles. The highest BCUT2D eigenvalue weighted by molar-refractivity contribution is 6.84. The summed E-state index contributed by atoms with van der Waals surface area (Å²) in [5.41, 5.74) is -5.15. The molecule has 9 atom stereocenters. The molecule has 4 aliphatic rings. The number of hydrogen-bond donors (Lipinski definition) is 2. The van der Waals surface area contributed by atoms with E-state index in [9.17, 15) is 19.8 Å². The van der Waals surface area contributed by atoms with Gasteiger partial charge < -0.3 is 33.3 Å². The van der Waals surface area contributed by atoms with Crippen LogP contribution < -0.4 is 5.19 Å². The molecule has 1 saturated heterocycles.